The maximum absolute atomic E-state index is 8.91. The molecule has 1 aliphatic rings. The molecule has 0 amide bonds. The average Bonchev–Trinajstić information content (AvgIpc) is 2.57. The third-order valence-corrected chi connectivity index (χ3v) is 2.73. The SMILES string of the molecule is CN(CC1CCCO1)C(C)(C)C#N. The predicted octanol–water partition coefficient (Wildman–Crippen LogP) is 1.40. The zero-order valence-electron chi connectivity index (χ0n) is 8.71. The van der Waals surface area contributed by atoms with Gasteiger partial charge in [-0.2, -0.15) is 5.26 Å². The number of nitrogens with zero attached hydrogens (tertiary/aromatic N) is 2. The van der Waals surface area contributed by atoms with Crippen molar-refractivity contribution in [2.45, 2.75) is 38.3 Å². The van der Waals surface area contributed by atoms with Gasteiger partial charge in [0.2, 0.25) is 0 Å². The van der Waals surface area contributed by atoms with E-state index < -0.39 is 0 Å². The molecule has 3 nitrogen and oxygen atoms in total. The molecule has 0 aromatic heterocycles. The van der Waals surface area contributed by atoms with E-state index in [-0.39, 0.29) is 5.54 Å². The number of nitriles is 1. The molecule has 1 saturated heterocycles. The Hall–Kier alpha value is -0.590. The zero-order chi connectivity index (χ0) is 9.90. The van der Waals surface area contributed by atoms with E-state index in [9.17, 15) is 0 Å². The zero-order valence-corrected chi connectivity index (χ0v) is 8.71. The van der Waals surface area contributed by atoms with Crippen LogP contribution in [0.1, 0.15) is 26.7 Å². The van der Waals surface area contributed by atoms with Crippen molar-refractivity contribution in [1.82, 2.24) is 4.90 Å². The quantitative estimate of drug-likeness (QED) is 0.662. The van der Waals surface area contributed by atoms with Crippen LogP contribution in [0, 0.1) is 11.3 Å². The van der Waals surface area contributed by atoms with Crippen LogP contribution in [0.5, 0.6) is 0 Å². The van der Waals surface area contributed by atoms with Crippen molar-refractivity contribution in [3.05, 3.63) is 0 Å². The molecule has 1 rings (SSSR count). The van der Waals surface area contributed by atoms with Crippen LogP contribution in [-0.2, 0) is 4.74 Å². The van der Waals surface area contributed by atoms with Gasteiger partial charge in [-0.1, -0.05) is 0 Å². The lowest BCUT2D eigenvalue weighted by atomic mass is 10.1. The van der Waals surface area contributed by atoms with Crippen molar-refractivity contribution in [3.63, 3.8) is 0 Å². The number of hydrogen-bond acceptors (Lipinski definition) is 3. The van der Waals surface area contributed by atoms with Gasteiger partial charge in [0.05, 0.1) is 12.2 Å². The maximum atomic E-state index is 8.91. The highest BCUT2D eigenvalue weighted by Crippen LogP contribution is 2.17. The Morgan fingerprint density at radius 3 is 2.77 bits per heavy atom. The molecule has 1 atom stereocenters. The highest BCUT2D eigenvalue weighted by atomic mass is 16.5. The first-order valence-corrected chi connectivity index (χ1v) is 4.80. The number of ether oxygens (including phenoxy) is 1. The fourth-order valence-electron chi connectivity index (χ4n) is 1.41. The van der Waals surface area contributed by atoms with Crippen molar-refractivity contribution in [2.24, 2.45) is 0 Å². The van der Waals surface area contributed by atoms with E-state index in [4.69, 9.17) is 10.00 Å². The van der Waals surface area contributed by atoms with Crippen molar-refractivity contribution in [2.75, 3.05) is 20.2 Å². The second-order valence-electron chi connectivity index (χ2n) is 4.19. The molecule has 3 heteroatoms. The minimum absolute atomic E-state index is 0.331. The van der Waals surface area contributed by atoms with Crippen LogP contribution in [0.15, 0.2) is 0 Å². The van der Waals surface area contributed by atoms with E-state index in [0.717, 1.165) is 26.0 Å². The topological polar surface area (TPSA) is 36.3 Å². The van der Waals surface area contributed by atoms with Crippen molar-refractivity contribution < 1.29 is 4.74 Å². The highest BCUT2D eigenvalue weighted by molar-refractivity contribution is 5.01. The minimum Gasteiger partial charge on any atom is -0.377 e. The summed E-state index contributed by atoms with van der Waals surface area (Å²) in [7, 11) is 1.98. The molecule has 74 valence electrons. The van der Waals surface area contributed by atoms with Crippen LogP contribution in [-0.4, -0.2) is 36.7 Å². The van der Waals surface area contributed by atoms with Gasteiger partial charge in [0.1, 0.15) is 5.54 Å². The van der Waals surface area contributed by atoms with E-state index in [2.05, 4.69) is 11.0 Å². The lowest BCUT2D eigenvalue weighted by Gasteiger charge is -2.30. The molecule has 1 heterocycles. The van der Waals surface area contributed by atoms with Gasteiger partial charge in [-0.15, -0.1) is 0 Å². The van der Waals surface area contributed by atoms with Gasteiger partial charge in [0.15, 0.2) is 0 Å². The van der Waals surface area contributed by atoms with Crippen LogP contribution in [0.2, 0.25) is 0 Å². The van der Waals surface area contributed by atoms with Gasteiger partial charge in [-0.3, -0.25) is 4.90 Å². The minimum atomic E-state index is -0.383. The van der Waals surface area contributed by atoms with Crippen molar-refractivity contribution in [1.29, 1.82) is 5.26 Å². The Bertz CT molecular complexity index is 201. The molecule has 0 aromatic carbocycles. The van der Waals surface area contributed by atoms with Gasteiger partial charge in [-0.25, -0.2) is 0 Å². The van der Waals surface area contributed by atoms with E-state index in [1.54, 1.807) is 0 Å². The Morgan fingerprint density at radius 1 is 1.62 bits per heavy atom. The fourth-order valence-corrected chi connectivity index (χ4v) is 1.41. The second-order valence-corrected chi connectivity index (χ2v) is 4.19. The standard InChI is InChI=1S/C10H18N2O/c1-10(2,8-11)12(3)7-9-5-4-6-13-9/h9H,4-7H2,1-3H3. The second kappa shape index (κ2) is 4.08. The Morgan fingerprint density at radius 2 is 2.31 bits per heavy atom. The molecule has 0 saturated carbocycles. The van der Waals surface area contributed by atoms with Gasteiger partial charge in [0, 0.05) is 13.2 Å². The van der Waals surface area contributed by atoms with Crippen LogP contribution in [0.3, 0.4) is 0 Å². The van der Waals surface area contributed by atoms with Crippen LogP contribution in [0.4, 0.5) is 0 Å². The molecule has 0 aromatic rings. The van der Waals surface area contributed by atoms with Gasteiger partial charge in [0.25, 0.3) is 0 Å². The molecule has 1 unspecified atom stereocenters. The van der Waals surface area contributed by atoms with E-state index in [1.807, 2.05) is 20.9 Å². The average molecular weight is 182 g/mol. The van der Waals surface area contributed by atoms with Crippen LogP contribution >= 0.6 is 0 Å². The lowest BCUT2D eigenvalue weighted by molar-refractivity contribution is 0.0609. The molecule has 1 fully saturated rings. The lowest BCUT2D eigenvalue weighted by Crippen LogP contribution is -2.43. The molecule has 1 aliphatic heterocycles. The third kappa shape index (κ3) is 2.68. The summed E-state index contributed by atoms with van der Waals surface area (Å²) in [6, 6.07) is 2.29. The summed E-state index contributed by atoms with van der Waals surface area (Å²) in [5, 5.41) is 8.91. The Kier molecular flexibility index (Phi) is 3.29. The summed E-state index contributed by atoms with van der Waals surface area (Å²) in [5.41, 5.74) is -0.383. The van der Waals surface area contributed by atoms with Crippen LogP contribution < -0.4 is 0 Å². The maximum Gasteiger partial charge on any atom is 0.103 e. The summed E-state index contributed by atoms with van der Waals surface area (Å²) in [4.78, 5) is 2.06. The molecular weight excluding hydrogens is 164 g/mol. The van der Waals surface area contributed by atoms with Gasteiger partial charge < -0.3 is 4.74 Å². The summed E-state index contributed by atoms with van der Waals surface area (Å²) >= 11 is 0. The number of rotatable bonds is 3. The molecule has 0 bridgehead atoms. The monoisotopic (exact) mass is 182 g/mol. The molecule has 0 spiro atoms. The molecule has 13 heavy (non-hydrogen) atoms. The molecule has 0 N–H and O–H groups in total. The smallest absolute Gasteiger partial charge is 0.103 e. The largest absolute Gasteiger partial charge is 0.377 e. The first-order valence-electron chi connectivity index (χ1n) is 4.80. The highest BCUT2D eigenvalue weighted by Gasteiger charge is 2.26. The predicted molar refractivity (Wildman–Crippen MR) is 51.3 cm³/mol. The Balaban J connectivity index is 2.40. The van der Waals surface area contributed by atoms with Crippen molar-refractivity contribution >= 4 is 0 Å². The number of likely N-dealkylation sites (N-methyl/N-ethyl adjacent to an activating group) is 1. The summed E-state index contributed by atoms with van der Waals surface area (Å²) < 4.78 is 5.51. The molecule has 0 aliphatic carbocycles. The molecular formula is C10H18N2O. The molecule has 0 radical (unpaired) electrons. The first kappa shape index (κ1) is 10.5. The summed E-state index contributed by atoms with van der Waals surface area (Å²) in [5.74, 6) is 0. The van der Waals surface area contributed by atoms with E-state index >= 15 is 0 Å². The normalized spacial score (nSPS) is 23.5. The van der Waals surface area contributed by atoms with E-state index in [1.165, 1.54) is 0 Å². The Labute approximate surface area is 80.3 Å². The van der Waals surface area contributed by atoms with Crippen LogP contribution in [0.25, 0.3) is 0 Å². The first-order chi connectivity index (χ1) is 6.06. The van der Waals surface area contributed by atoms with Gasteiger partial charge >= 0.3 is 0 Å². The summed E-state index contributed by atoms with van der Waals surface area (Å²) in [6.45, 7) is 5.61. The van der Waals surface area contributed by atoms with E-state index in [0.29, 0.717) is 6.10 Å². The third-order valence-electron chi connectivity index (χ3n) is 2.73. The summed E-state index contributed by atoms with van der Waals surface area (Å²) in [6.07, 6.45) is 2.62. The number of hydrogen-bond donors (Lipinski definition) is 0. The fraction of sp³-hybridized carbons (Fsp3) is 0.900. The van der Waals surface area contributed by atoms with Gasteiger partial charge in [-0.05, 0) is 33.7 Å². The van der Waals surface area contributed by atoms with Crippen molar-refractivity contribution in [3.8, 4) is 6.07 Å².